The minimum Gasteiger partial charge on any atom is -0.282 e. The van der Waals surface area contributed by atoms with Crippen LogP contribution in [0.25, 0.3) is 5.57 Å². The average molecular weight is 293 g/mol. The molecule has 0 spiro atoms. The number of halogens is 4. The van der Waals surface area contributed by atoms with Crippen LogP contribution in [0.5, 0.6) is 0 Å². The molecule has 0 amide bonds. The molecule has 90 valence electrons. The molecule has 1 N–H and O–H groups in total. The van der Waals surface area contributed by atoms with E-state index in [-0.39, 0.29) is 14.6 Å². The predicted molar refractivity (Wildman–Crippen MR) is 54.9 cm³/mol. The third kappa shape index (κ3) is 3.78. The highest BCUT2D eigenvalue weighted by Crippen LogP contribution is 2.38. The van der Waals surface area contributed by atoms with Gasteiger partial charge in [-0.15, -0.1) is 11.3 Å². The summed E-state index contributed by atoms with van der Waals surface area (Å²) in [6.45, 7) is 0. The molecule has 0 bridgehead atoms. The van der Waals surface area contributed by atoms with Crippen molar-refractivity contribution in [2.45, 2.75) is 6.18 Å². The monoisotopic (exact) mass is 292 g/mol. The minimum absolute atomic E-state index is 0.0838. The van der Waals surface area contributed by atoms with E-state index in [9.17, 15) is 21.6 Å². The van der Waals surface area contributed by atoms with Crippen molar-refractivity contribution in [1.29, 1.82) is 0 Å². The van der Waals surface area contributed by atoms with Crippen LogP contribution in [0.4, 0.5) is 13.2 Å². The number of rotatable bonds is 2. The van der Waals surface area contributed by atoms with Gasteiger partial charge in [0, 0.05) is 4.88 Å². The lowest BCUT2D eigenvalue weighted by Gasteiger charge is -2.08. The highest BCUT2D eigenvalue weighted by atomic mass is 35.5. The van der Waals surface area contributed by atoms with Crippen LogP contribution >= 0.6 is 22.9 Å². The summed E-state index contributed by atoms with van der Waals surface area (Å²) in [5.74, 6) is 0. The third-order valence-corrected chi connectivity index (χ3v) is 3.21. The molecule has 0 saturated heterocycles. The van der Waals surface area contributed by atoms with Gasteiger partial charge in [0.15, 0.2) is 0 Å². The SMILES string of the molecule is O=S(=O)(O)C=C(c1ccc(Cl)s1)C(F)(F)F. The molecule has 1 aromatic rings. The fraction of sp³-hybridized carbons (Fsp3) is 0.143. The largest absolute Gasteiger partial charge is 0.418 e. The van der Waals surface area contributed by atoms with Crippen molar-refractivity contribution < 1.29 is 26.1 Å². The maximum atomic E-state index is 12.5. The van der Waals surface area contributed by atoms with Gasteiger partial charge in [0.2, 0.25) is 0 Å². The van der Waals surface area contributed by atoms with Crippen molar-refractivity contribution in [2.75, 3.05) is 0 Å². The van der Waals surface area contributed by atoms with Crippen LogP contribution in [0.1, 0.15) is 4.88 Å². The summed E-state index contributed by atoms with van der Waals surface area (Å²) in [5.41, 5.74) is -1.45. The Morgan fingerprint density at radius 1 is 1.44 bits per heavy atom. The van der Waals surface area contributed by atoms with E-state index in [1.54, 1.807) is 0 Å². The van der Waals surface area contributed by atoms with E-state index in [0.717, 1.165) is 6.07 Å². The molecule has 1 heterocycles. The van der Waals surface area contributed by atoms with E-state index in [0.29, 0.717) is 11.3 Å². The third-order valence-electron chi connectivity index (χ3n) is 1.41. The Balaban J connectivity index is 3.34. The minimum atomic E-state index is -4.88. The number of hydrogen-bond donors (Lipinski definition) is 1. The van der Waals surface area contributed by atoms with Gasteiger partial charge in [0.25, 0.3) is 10.1 Å². The van der Waals surface area contributed by atoms with Crippen LogP contribution in [0.15, 0.2) is 17.5 Å². The van der Waals surface area contributed by atoms with Gasteiger partial charge in [-0.25, -0.2) is 0 Å². The van der Waals surface area contributed by atoms with Crippen LogP contribution in [-0.2, 0) is 10.1 Å². The smallest absolute Gasteiger partial charge is 0.282 e. The lowest BCUT2D eigenvalue weighted by atomic mass is 10.2. The fourth-order valence-corrected chi connectivity index (χ4v) is 2.58. The van der Waals surface area contributed by atoms with E-state index >= 15 is 0 Å². The number of allylic oxidation sites excluding steroid dienone is 1. The first-order chi connectivity index (χ1) is 7.09. The molecular weight excluding hydrogens is 289 g/mol. The first kappa shape index (κ1) is 13.5. The van der Waals surface area contributed by atoms with E-state index in [4.69, 9.17) is 16.2 Å². The van der Waals surface area contributed by atoms with Gasteiger partial charge < -0.3 is 0 Å². The molecular formula is C7H4ClF3O3S2. The molecule has 1 aromatic heterocycles. The molecule has 0 aliphatic rings. The van der Waals surface area contributed by atoms with E-state index in [1.165, 1.54) is 6.07 Å². The second-order valence-corrected chi connectivity index (χ2v) is 5.63. The maximum Gasteiger partial charge on any atom is 0.418 e. The predicted octanol–water partition coefficient (Wildman–Crippen LogP) is 3.19. The standard InChI is InChI=1S/C7H4ClF3O3S2/c8-6-2-1-5(15-6)4(7(9,10)11)3-16(12,13)14/h1-3H,(H,12,13,14). The summed E-state index contributed by atoms with van der Waals surface area (Å²) in [6.07, 6.45) is -4.88. The molecule has 1 rings (SSSR count). The van der Waals surface area contributed by atoms with Crippen LogP contribution in [0, 0.1) is 0 Å². The van der Waals surface area contributed by atoms with Gasteiger partial charge in [0.1, 0.15) is 0 Å². The summed E-state index contributed by atoms with van der Waals surface area (Å²) >= 11 is 6.00. The van der Waals surface area contributed by atoms with Gasteiger partial charge >= 0.3 is 6.18 Å². The van der Waals surface area contributed by atoms with Gasteiger partial charge in [-0.3, -0.25) is 4.55 Å². The zero-order valence-corrected chi connectivity index (χ0v) is 9.71. The Morgan fingerprint density at radius 3 is 2.31 bits per heavy atom. The number of alkyl halides is 3. The van der Waals surface area contributed by atoms with E-state index < -0.39 is 21.9 Å². The van der Waals surface area contributed by atoms with E-state index in [1.807, 2.05) is 0 Å². The topological polar surface area (TPSA) is 54.4 Å². The van der Waals surface area contributed by atoms with Crippen LogP contribution < -0.4 is 0 Å². The zero-order chi connectivity index (χ0) is 12.6. The Labute approximate surface area is 97.9 Å². The van der Waals surface area contributed by atoms with Gasteiger partial charge in [-0.2, -0.15) is 21.6 Å². The molecule has 0 atom stereocenters. The Kier molecular flexibility index (Phi) is 3.68. The summed E-state index contributed by atoms with van der Waals surface area (Å²) in [4.78, 5) is -0.380. The Bertz CT molecular complexity index is 515. The van der Waals surface area contributed by atoms with Crippen molar-refractivity contribution in [3.05, 3.63) is 26.8 Å². The van der Waals surface area contributed by atoms with Gasteiger partial charge in [-0.1, -0.05) is 11.6 Å². The molecule has 9 heteroatoms. The zero-order valence-electron chi connectivity index (χ0n) is 7.32. The second-order valence-electron chi connectivity index (χ2n) is 2.65. The normalized spacial score (nSPS) is 14.2. The molecule has 0 saturated carbocycles. The molecule has 3 nitrogen and oxygen atoms in total. The van der Waals surface area contributed by atoms with E-state index in [2.05, 4.69) is 0 Å². The summed E-state index contributed by atoms with van der Waals surface area (Å²) in [5, 5.41) is -0.241. The van der Waals surface area contributed by atoms with Gasteiger partial charge in [-0.05, 0) is 12.1 Å². The lowest BCUT2D eigenvalue weighted by Crippen LogP contribution is -2.11. The van der Waals surface area contributed by atoms with Crippen LogP contribution in [-0.4, -0.2) is 19.1 Å². The fourth-order valence-electron chi connectivity index (χ4n) is 0.873. The van der Waals surface area contributed by atoms with Crippen LogP contribution in [0.3, 0.4) is 0 Å². The quantitative estimate of drug-likeness (QED) is 0.852. The molecule has 0 fully saturated rings. The molecule has 16 heavy (non-hydrogen) atoms. The first-order valence-corrected chi connectivity index (χ1v) is 6.31. The maximum absolute atomic E-state index is 12.5. The molecule has 0 aromatic carbocycles. The van der Waals surface area contributed by atoms with Gasteiger partial charge in [0.05, 0.1) is 15.3 Å². The first-order valence-electron chi connectivity index (χ1n) is 3.62. The second kappa shape index (κ2) is 4.36. The highest BCUT2D eigenvalue weighted by Gasteiger charge is 2.37. The average Bonchev–Trinajstić information content (AvgIpc) is 2.43. The molecule has 0 radical (unpaired) electrons. The highest BCUT2D eigenvalue weighted by molar-refractivity contribution is 7.89. The molecule has 0 unspecified atom stereocenters. The number of thiophene rings is 1. The van der Waals surface area contributed by atoms with Crippen molar-refractivity contribution >= 4 is 38.6 Å². The summed E-state index contributed by atoms with van der Waals surface area (Å²) < 4.78 is 66.7. The summed E-state index contributed by atoms with van der Waals surface area (Å²) in [6, 6.07) is 2.22. The molecule has 0 aliphatic heterocycles. The Morgan fingerprint density at radius 2 is 2.00 bits per heavy atom. The van der Waals surface area contributed by atoms with Crippen molar-refractivity contribution in [1.82, 2.24) is 0 Å². The van der Waals surface area contributed by atoms with Crippen LogP contribution in [0.2, 0.25) is 4.34 Å². The van der Waals surface area contributed by atoms with Crippen molar-refractivity contribution in [3.63, 3.8) is 0 Å². The molecule has 0 aliphatic carbocycles. The summed E-state index contributed by atoms with van der Waals surface area (Å²) in [7, 11) is -4.86. The van der Waals surface area contributed by atoms with Crippen molar-refractivity contribution in [2.24, 2.45) is 0 Å². The number of hydrogen-bond acceptors (Lipinski definition) is 3. The van der Waals surface area contributed by atoms with Crippen molar-refractivity contribution in [3.8, 4) is 0 Å². The lowest BCUT2D eigenvalue weighted by molar-refractivity contribution is -0.0686. The Hall–Kier alpha value is -0.570.